The maximum atomic E-state index is 13.4. The zero-order chi connectivity index (χ0) is 20.9. The summed E-state index contributed by atoms with van der Waals surface area (Å²) in [7, 11) is 0. The Hall–Kier alpha value is -1.95. The van der Waals surface area contributed by atoms with E-state index >= 15 is 0 Å². The summed E-state index contributed by atoms with van der Waals surface area (Å²) in [4.78, 5) is 17.2. The van der Waals surface area contributed by atoms with Crippen LogP contribution in [-0.2, 0) is 12.8 Å². The summed E-state index contributed by atoms with van der Waals surface area (Å²) in [6, 6.07) is 4.88. The average molecular weight is 557 g/mol. The molecule has 0 unspecified atom stereocenters. The van der Waals surface area contributed by atoms with Gasteiger partial charge < -0.3 is 20.1 Å². The number of rotatable bonds is 6. The monoisotopic (exact) mass is 557 g/mol. The van der Waals surface area contributed by atoms with Crippen molar-refractivity contribution >= 4 is 57.5 Å². The number of aromatic amines is 1. The number of H-pyrrole nitrogens is 1. The largest absolute Gasteiger partial charge is 0.361 e. The van der Waals surface area contributed by atoms with Gasteiger partial charge in [0, 0.05) is 74.3 Å². The van der Waals surface area contributed by atoms with Gasteiger partial charge in [0.1, 0.15) is 11.6 Å². The van der Waals surface area contributed by atoms with E-state index in [0.29, 0.717) is 6.54 Å². The van der Waals surface area contributed by atoms with Crippen LogP contribution >= 0.6 is 35.5 Å². The first kappa shape index (κ1) is 23.7. The minimum absolute atomic E-state index is 0. The molecule has 0 amide bonds. The van der Waals surface area contributed by atoms with Crippen LogP contribution in [0.4, 0.5) is 9.52 Å². The molecule has 1 saturated heterocycles. The van der Waals surface area contributed by atoms with E-state index in [1.807, 2.05) is 12.3 Å². The second-order valence-electron chi connectivity index (χ2n) is 7.31. The molecule has 0 bridgehead atoms. The van der Waals surface area contributed by atoms with Crippen molar-refractivity contribution in [3.8, 4) is 0 Å². The molecular formula is C21H29FIN7S. The number of nitrogens with zero attached hydrogens (tertiary/aromatic N) is 5. The van der Waals surface area contributed by atoms with E-state index in [0.717, 1.165) is 78.9 Å². The number of anilines is 1. The van der Waals surface area contributed by atoms with Gasteiger partial charge in [0.2, 0.25) is 5.13 Å². The van der Waals surface area contributed by atoms with E-state index in [4.69, 9.17) is 4.99 Å². The lowest BCUT2D eigenvalue weighted by molar-refractivity contribution is 0.372. The summed E-state index contributed by atoms with van der Waals surface area (Å²) >= 11 is 1.49. The van der Waals surface area contributed by atoms with Crippen molar-refractivity contribution in [2.45, 2.75) is 26.7 Å². The standard InChI is InChI=1S/C21H28FN7S.HI/c1-3-19-26-21(30-27-19)29-11-9-28(10-12-29)20(23-4-2)24-8-7-15-14-25-18-13-16(22)5-6-17(15)18;/h5-6,13-14,25H,3-4,7-12H2,1-2H3,(H,23,24);1H. The molecule has 3 aromatic rings. The number of hydrogen-bond donors (Lipinski definition) is 2. The Labute approximate surface area is 203 Å². The zero-order valence-electron chi connectivity index (χ0n) is 17.9. The number of guanidine groups is 1. The van der Waals surface area contributed by atoms with E-state index in [-0.39, 0.29) is 29.8 Å². The van der Waals surface area contributed by atoms with Gasteiger partial charge in [-0.3, -0.25) is 4.99 Å². The number of aromatic nitrogens is 3. The molecular weight excluding hydrogens is 528 g/mol. The van der Waals surface area contributed by atoms with Gasteiger partial charge in [-0.2, -0.15) is 4.37 Å². The second-order valence-corrected chi connectivity index (χ2v) is 8.04. The Morgan fingerprint density at radius 1 is 1.26 bits per heavy atom. The first-order valence-electron chi connectivity index (χ1n) is 10.5. The van der Waals surface area contributed by atoms with Crippen LogP contribution in [-0.4, -0.2) is 64.5 Å². The Balaban J connectivity index is 0.00000272. The first-order valence-corrected chi connectivity index (χ1v) is 11.3. The molecule has 2 aromatic heterocycles. The van der Waals surface area contributed by atoms with E-state index in [2.05, 4.69) is 43.3 Å². The molecule has 10 heteroatoms. The Bertz CT molecular complexity index is 1010. The summed E-state index contributed by atoms with van der Waals surface area (Å²) in [6.45, 7) is 9.32. The van der Waals surface area contributed by atoms with Gasteiger partial charge in [0.25, 0.3) is 0 Å². The lowest BCUT2D eigenvalue weighted by Crippen LogP contribution is -2.52. The fourth-order valence-corrected chi connectivity index (χ4v) is 4.50. The molecule has 1 aromatic carbocycles. The molecule has 7 nitrogen and oxygen atoms in total. The van der Waals surface area contributed by atoms with Gasteiger partial charge in [0.05, 0.1) is 0 Å². The van der Waals surface area contributed by atoms with Crippen LogP contribution < -0.4 is 10.2 Å². The van der Waals surface area contributed by atoms with Crippen molar-refractivity contribution in [3.63, 3.8) is 0 Å². The summed E-state index contributed by atoms with van der Waals surface area (Å²) in [6.07, 6.45) is 3.64. The van der Waals surface area contributed by atoms with Gasteiger partial charge in [-0.15, -0.1) is 24.0 Å². The summed E-state index contributed by atoms with van der Waals surface area (Å²) < 4.78 is 17.8. The molecule has 0 saturated carbocycles. The summed E-state index contributed by atoms with van der Waals surface area (Å²) in [5, 5.41) is 5.50. The molecule has 1 aliphatic rings. The zero-order valence-corrected chi connectivity index (χ0v) is 21.0. The number of benzene rings is 1. The van der Waals surface area contributed by atoms with Crippen LogP contribution in [0.3, 0.4) is 0 Å². The van der Waals surface area contributed by atoms with Gasteiger partial charge in [0.15, 0.2) is 5.96 Å². The number of aliphatic imine (C=N–C) groups is 1. The van der Waals surface area contributed by atoms with Crippen molar-refractivity contribution in [3.05, 3.63) is 41.6 Å². The Morgan fingerprint density at radius 3 is 2.77 bits per heavy atom. The smallest absolute Gasteiger partial charge is 0.205 e. The van der Waals surface area contributed by atoms with Crippen molar-refractivity contribution in [1.29, 1.82) is 0 Å². The van der Waals surface area contributed by atoms with E-state index in [1.54, 1.807) is 0 Å². The molecule has 31 heavy (non-hydrogen) atoms. The fraction of sp³-hybridized carbons (Fsp3) is 0.476. The maximum absolute atomic E-state index is 13.4. The molecule has 168 valence electrons. The Morgan fingerprint density at radius 2 is 2.06 bits per heavy atom. The van der Waals surface area contributed by atoms with E-state index in [9.17, 15) is 4.39 Å². The van der Waals surface area contributed by atoms with Crippen LogP contribution in [0.5, 0.6) is 0 Å². The molecule has 0 spiro atoms. The highest BCUT2D eigenvalue weighted by Gasteiger charge is 2.22. The van der Waals surface area contributed by atoms with Crippen LogP contribution in [0.1, 0.15) is 25.2 Å². The normalized spacial score (nSPS) is 14.7. The van der Waals surface area contributed by atoms with E-state index in [1.165, 1.54) is 23.7 Å². The van der Waals surface area contributed by atoms with Crippen LogP contribution in [0.2, 0.25) is 0 Å². The Kier molecular flexibility index (Phi) is 8.47. The van der Waals surface area contributed by atoms with Crippen molar-refractivity contribution < 1.29 is 4.39 Å². The molecule has 0 radical (unpaired) electrons. The number of piperazine rings is 1. The first-order chi connectivity index (χ1) is 14.7. The minimum Gasteiger partial charge on any atom is -0.361 e. The highest BCUT2D eigenvalue weighted by molar-refractivity contribution is 14.0. The maximum Gasteiger partial charge on any atom is 0.205 e. The second kappa shape index (κ2) is 11.1. The third kappa shape index (κ3) is 5.65. The fourth-order valence-electron chi connectivity index (χ4n) is 3.70. The van der Waals surface area contributed by atoms with Gasteiger partial charge >= 0.3 is 0 Å². The van der Waals surface area contributed by atoms with Crippen LogP contribution in [0.15, 0.2) is 29.4 Å². The van der Waals surface area contributed by atoms with Crippen LogP contribution in [0.25, 0.3) is 10.9 Å². The molecule has 1 aliphatic heterocycles. The van der Waals surface area contributed by atoms with Crippen molar-refractivity contribution in [2.75, 3.05) is 44.2 Å². The SMILES string of the molecule is CCNC(=NCCc1c[nH]c2cc(F)ccc12)N1CCN(c2nc(CC)ns2)CC1.I. The predicted molar refractivity (Wildman–Crippen MR) is 136 cm³/mol. The molecule has 3 heterocycles. The molecule has 1 fully saturated rings. The quantitative estimate of drug-likeness (QED) is 0.275. The van der Waals surface area contributed by atoms with Crippen molar-refractivity contribution in [1.82, 2.24) is 24.6 Å². The third-order valence-corrected chi connectivity index (χ3v) is 6.15. The number of fused-ring (bicyclic) bond motifs is 1. The molecule has 4 rings (SSSR count). The molecule has 2 N–H and O–H groups in total. The third-order valence-electron chi connectivity index (χ3n) is 5.33. The summed E-state index contributed by atoms with van der Waals surface area (Å²) in [5.41, 5.74) is 2.00. The topological polar surface area (TPSA) is 72.4 Å². The number of aryl methyl sites for hydroxylation is 1. The number of nitrogens with one attached hydrogen (secondary N) is 2. The summed E-state index contributed by atoms with van der Waals surface area (Å²) in [5.74, 6) is 1.66. The minimum atomic E-state index is -0.220. The molecule has 0 atom stereocenters. The highest BCUT2D eigenvalue weighted by Crippen LogP contribution is 2.21. The number of halogens is 2. The van der Waals surface area contributed by atoms with E-state index < -0.39 is 0 Å². The lowest BCUT2D eigenvalue weighted by atomic mass is 10.1. The average Bonchev–Trinajstić information content (AvgIpc) is 3.40. The van der Waals surface area contributed by atoms with Gasteiger partial charge in [-0.1, -0.05) is 6.92 Å². The predicted octanol–water partition coefficient (Wildman–Crippen LogP) is 3.67. The lowest BCUT2D eigenvalue weighted by Gasteiger charge is -2.36. The highest BCUT2D eigenvalue weighted by atomic mass is 127. The van der Waals surface area contributed by atoms with Gasteiger partial charge in [-0.05, 0) is 37.1 Å². The van der Waals surface area contributed by atoms with Crippen LogP contribution in [0, 0.1) is 5.82 Å². The molecule has 0 aliphatic carbocycles. The van der Waals surface area contributed by atoms with Gasteiger partial charge in [-0.25, -0.2) is 9.37 Å². The van der Waals surface area contributed by atoms with Crippen molar-refractivity contribution in [2.24, 2.45) is 4.99 Å². The number of hydrogen-bond acceptors (Lipinski definition) is 5.